The Morgan fingerprint density at radius 2 is 1.81 bits per heavy atom. The fourth-order valence-corrected chi connectivity index (χ4v) is 3.35. The molecule has 0 saturated heterocycles. The minimum absolute atomic E-state index is 0.132. The maximum Gasteiger partial charge on any atom is 0.193 e. The van der Waals surface area contributed by atoms with Gasteiger partial charge in [-0.05, 0) is 60.3 Å². The fraction of sp³-hybridized carbons (Fsp3) is 0.0500. The summed E-state index contributed by atoms with van der Waals surface area (Å²) in [5.74, 6) is 0.821. The van der Waals surface area contributed by atoms with E-state index in [1.54, 1.807) is 6.26 Å². The number of thiocarbonyl (C=S) groups is 1. The molecule has 2 aromatic carbocycles. The van der Waals surface area contributed by atoms with Crippen molar-refractivity contribution in [2.45, 2.75) is 6.04 Å². The van der Waals surface area contributed by atoms with Crippen LogP contribution in [0.2, 0.25) is 0 Å². The minimum atomic E-state index is -0.132. The smallest absolute Gasteiger partial charge is 0.193 e. The number of furan rings is 1. The Morgan fingerprint density at radius 1 is 1.04 bits per heavy atom. The van der Waals surface area contributed by atoms with Crippen LogP contribution >= 0.6 is 28.1 Å². The first-order valence-corrected chi connectivity index (χ1v) is 9.34. The summed E-state index contributed by atoms with van der Waals surface area (Å²) >= 11 is 9.11. The van der Waals surface area contributed by atoms with Crippen LogP contribution in [0.1, 0.15) is 17.4 Å². The van der Waals surface area contributed by atoms with Crippen LogP contribution in [0.5, 0.6) is 0 Å². The monoisotopic (exact) mass is 425 g/mol. The number of anilines is 1. The van der Waals surface area contributed by atoms with Crippen molar-refractivity contribution >= 4 is 44.6 Å². The Kier molecular flexibility index (Phi) is 4.77. The molecule has 0 saturated carbocycles. The van der Waals surface area contributed by atoms with Gasteiger partial charge in [0, 0.05) is 10.2 Å². The Morgan fingerprint density at radius 3 is 2.50 bits per heavy atom. The van der Waals surface area contributed by atoms with E-state index in [0.717, 1.165) is 27.2 Å². The molecule has 1 atom stereocenters. The van der Waals surface area contributed by atoms with Gasteiger partial charge in [-0.2, -0.15) is 0 Å². The zero-order chi connectivity index (χ0) is 17.9. The first-order chi connectivity index (χ1) is 12.7. The largest absolute Gasteiger partial charge is 0.467 e. The summed E-state index contributed by atoms with van der Waals surface area (Å²) in [5.41, 5.74) is 6.40. The van der Waals surface area contributed by atoms with Gasteiger partial charge in [-0.3, -0.25) is 5.43 Å². The summed E-state index contributed by atoms with van der Waals surface area (Å²) < 4.78 is 6.67. The van der Waals surface area contributed by atoms with Crippen molar-refractivity contribution in [3.63, 3.8) is 0 Å². The Labute approximate surface area is 165 Å². The molecule has 0 radical (unpaired) electrons. The number of halogens is 1. The number of rotatable bonds is 3. The lowest BCUT2D eigenvalue weighted by molar-refractivity contribution is 0.306. The van der Waals surface area contributed by atoms with Crippen molar-refractivity contribution in [3.05, 3.63) is 94.9 Å². The van der Waals surface area contributed by atoms with Crippen molar-refractivity contribution in [2.24, 2.45) is 0 Å². The molecule has 3 aromatic rings. The molecule has 130 valence electrons. The van der Waals surface area contributed by atoms with Crippen LogP contribution in [-0.2, 0) is 0 Å². The zero-order valence-corrected chi connectivity index (χ0v) is 16.1. The quantitative estimate of drug-likeness (QED) is 0.554. The van der Waals surface area contributed by atoms with Crippen molar-refractivity contribution < 1.29 is 4.42 Å². The van der Waals surface area contributed by atoms with Gasteiger partial charge in [-0.25, -0.2) is 5.01 Å². The second-order valence-corrected chi connectivity index (χ2v) is 7.13. The predicted octanol–water partition coefficient (Wildman–Crippen LogP) is 5.34. The van der Waals surface area contributed by atoms with Crippen molar-refractivity contribution in [1.82, 2.24) is 10.4 Å². The van der Waals surface area contributed by atoms with E-state index in [1.165, 1.54) is 0 Å². The van der Waals surface area contributed by atoms with Gasteiger partial charge in [0.1, 0.15) is 11.8 Å². The lowest BCUT2D eigenvalue weighted by Crippen LogP contribution is -2.42. The molecule has 0 amide bonds. The van der Waals surface area contributed by atoms with Crippen LogP contribution in [0, 0.1) is 0 Å². The SMILES string of the molecule is S=C(Nc1ccccc1)N1NC(c2ccc(Br)cc2)=C[C@H]1c1ccco1. The summed E-state index contributed by atoms with van der Waals surface area (Å²) in [5, 5.41) is 5.74. The lowest BCUT2D eigenvalue weighted by atomic mass is 10.1. The van der Waals surface area contributed by atoms with E-state index in [9.17, 15) is 0 Å². The molecule has 4 nitrogen and oxygen atoms in total. The van der Waals surface area contributed by atoms with Crippen LogP contribution in [-0.4, -0.2) is 10.1 Å². The third-order valence-electron chi connectivity index (χ3n) is 4.08. The highest BCUT2D eigenvalue weighted by Crippen LogP contribution is 2.32. The first kappa shape index (κ1) is 16.9. The van der Waals surface area contributed by atoms with Crippen LogP contribution in [0.3, 0.4) is 0 Å². The van der Waals surface area contributed by atoms with Crippen LogP contribution in [0.25, 0.3) is 5.70 Å². The maximum absolute atomic E-state index is 5.64. The number of nitrogens with one attached hydrogen (secondary N) is 2. The number of para-hydroxylation sites is 1. The normalized spacial score (nSPS) is 16.1. The molecule has 4 rings (SSSR count). The van der Waals surface area contributed by atoms with E-state index in [0.29, 0.717) is 5.11 Å². The van der Waals surface area contributed by atoms with Gasteiger partial charge < -0.3 is 9.73 Å². The lowest BCUT2D eigenvalue weighted by Gasteiger charge is -2.27. The third-order valence-corrected chi connectivity index (χ3v) is 4.90. The number of hydrazine groups is 1. The molecule has 0 fully saturated rings. The highest BCUT2D eigenvalue weighted by molar-refractivity contribution is 9.10. The molecular formula is C20H16BrN3OS. The Bertz CT molecular complexity index is 923. The molecule has 6 heteroatoms. The molecule has 2 heterocycles. The Hall–Kier alpha value is -2.57. The average molecular weight is 426 g/mol. The second-order valence-electron chi connectivity index (χ2n) is 5.83. The van der Waals surface area contributed by atoms with Gasteiger partial charge in [0.25, 0.3) is 0 Å². The van der Waals surface area contributed by atoms with E-state index in [4.69, 9.17) is 16.6 Å². The fourth-order valence-electron chi connectivity index (χ4n) is 2.81. The van der Waals surface area contributed by atoms with Gasteiger partial charge in [-0.1, -0.05) is 46.3 Å². The Balaban J connectivity index is 1.61. The van der Waals surface area contributed by atoms with Crippen molar-refractivity contribution in [1.29, 1.82) is 0 Å². The summed E-state index contributed by atoms with van der Waals surface area (Å²) in [4.78, 5) is 0. The molecule has 0 spiro atoms. The summed E-state index contributed by atoms with van der Waals surface area (Å²) in [6.07, 6.45) is 3.79. The van der Waals surface area contributed by atoms with Gasteiger partial charge in [0.05, 0.1) is 12.0 Å². The number of hydrogen-bond donors (Lipinski definition) is 2. The molecule has 0 unspecified atom stereocenters. The van der Waals surface area contributed by atoms with Crippen LogP contribution in [0.15, 0.2) is 88.0 Å². The topological polar surface area (TPSA) is 40.4 Å². The number of benzene rings is 2. The van der Waals surface area contributed by atoms with E-state index in [1.807, 2.05) is 59.6 Å². The molecular weight excluding hydrogens is 410 g/mol. The van der Waals surface area contributed by atoms with Gasteiger partial charge >= 0.3 is 0 Å². The van der Waals surface area contributed by atoms with Gasteiger partial charge in [0.15, 0.2) is 5.11 Å². The average Bonchev–Trinajstić information content (AvgIpc) is 3.33. The summed E-state index contributed by atoms with van der Waals surface area (Å²) in [6.45, 7) is 0. The molecule has 1 aliphatic heterocycles. The third kappa shape index (κ3) is 3.52. The minimum Gasteiger partial charge on any atom is -0.467 e. The van der Waals surface area contributed by atoms with E-state index in [2.05, 4.69) is 44.9 Å². The molecule has 26 heavy (non-hydrogen) atoms. The molecule has 1 aromatic heterocycles. The van der Waals surface area contributed by atoms with Gasteiger partial charge in [0.2, 0.25) is 0 Å². The maximum atomic E-state index is 5.64. The molecule has 0 aliphatic carbocycles. The number of nitrogens with zero attached hydrogens (tertiary/aromatic N) is 1. The molecule has 0 bridgehead atoms. The van der Waals surface area contributed by atoms with E-state index < -0.39 is 0 Å². The van der Waals surface area contributed by atoms with Crippen molar-refractivity contribution in [3.8, 4) is 0 Å². The highest BCUT2D eigenvalue weighted by Gasteiger charge is 2.30. The van der Waals surface area contributed by atoms with Crippen molar-refractivity contribution in [2.75, 3.05) is 5.32 Å². The van der Waals surface area contributed by atoms with Crippen LogP contribution < -0.4 is 10.7 Å². The van der Waals surface area contributed by atoms with Crippen LogP contribution in [0.4, 0.5) is 5.69 Å². The summed E-state index contributed by atoms with van der Waals surface area (Å²) in [7, 11) is 0. The first-order valence-electron chi connectivity index (χ1n) is 8.14. The predicted molar refractivity (Wildman–Crippen MR) is 111 cm³/mol. The summed E-state index contributed by atoms with van der Waals surface area (Å²) in [6, 6.07) is 21.7. The molecule has 1 aliphatic rings. The zero-order valence-electron chi connectivity index (χ0n) is 13.7. The number of hydrogen-bond acceptors (Lipinski definition) is 3. The van der Waals surface area contributed by atoms with E-state index >= 15 is 0 Å². The molecule has 2 N–H and O–H groups in total. The standard InChI is InChI=1S/C20H16BrN3OS/c21-15-10-8-14(9-11-15)17-13-18(19-7-4-12-25-19)24(23-17)20(26)22-16-5-2-1-3-6-16/h1-13,18,23H,(H,22,26)/t18-/m0/s1. The van der Waals surface area contributed by atoms with Gasteiger partial charge in [-0.15, -0.1) is 0 Å². The highest BCUT2D eigenvalue weighted by atomic mass is 79.9. The van der Waals surface area contributed by atoms with E-state index in [-0.39, 0.29) is 6.04 Å². The second kappa shape index (κ2) is 7.35.